The monoisotopic (exact) mass is 249 g/mol. The van der Waals surface area contributed by atoms with Crippen molar-refractivity contribution in [2.24, 2.45) is 0 Å². The maximum atomic E-state index is 9.96. The van der Waals surface area contributed by atoms with Crippen LogP contribution in [0.1, 0.15) is 45.1 Å². The lowest BCUT2D eigenvalue weighted by atomic mass is 10.1. The van der Waals surface area contributed by atoms with Crippen molar-refractivity contribution in [1.29, 1.82) is 0 Å². The molecule has 0 heterocycles. The zero-order valence-electron chi connectivity index (χ0n) is 11.7. The lowest BCUT2D eigenvalue weighted by molar-refractivity contribution is 0.167. The second-order valence-corrected chi connectivity index (χ2v) is 5.15. The minimum Gasteiger partial charge on any atom is -0.391 e. The summed E-state index contributed by atoms with van der Waals surface area (Å²) in [4.78, 5) is 0. The van der Waals surface area contributed by atoms with Crippen LogP contribution in [-0.4, -0.2) is 23.8 Å². The quantitative estimate of drug-likeness (QED) is 0.659. The molecule has 2 unspecified atom stereocenters. The van der Waals surface area contributed by atoms with Crippen molar-refractivity contribution in [1.82, 2.24) is 5.32 Å². The van der Waals surface area contributed by atoms with Gasteiger partial charge in [0.15, 0.2) is 0 Å². The van der Waals surface area contributed by atoms with Gasteiger partial charge in [-0.3, -0.25) is 0 Å². The number of nitrogens with one attached hydrogen (secondary N) is 1. The van der Waals surface area contributed by atoms with E-state index in [0.29, 0.717) is 12.6 Å². The van der Waals surface area contributed by atoms with E-state index < -0.39 is 0 Å². The topological polar surface area (TPSA) is 32.3 Å². The van der Waals surface area contributed by atoms with Crippen LogP contribution in [0.15, 0.2) is 30.3 Å². The summed E-state index contributed by atoms with van der Waals surface area (Å²) in [6.07, 6.45) is 5.49. The van der Waals surface area contributed by atoms with Crippen LogP contribution in [0.25, 0.3) is 0 Å². The Labute approximate surface area is 111 Å². The van der Waals surface area contributed by atoms with E-state index in [1.54, 1.807) is 0 Å². The van der Waals surface area contributed by atoms with Crippen LogP contribution >= 0.6 is 0 Å². The van der Waals surface area contributed by atoms with Crippen LogP contribution in [-0.2, 0) is 6.42 Å². The van der Waals surface area contributed by atoms with Gasteiger partial charge in [-0.15, -0.1) is 0 Å². The molecule has 1 rings (SSSR count). The van der Waals surface area contributed by atoms with E-state index in [-0.39, 0.29) is 6.10 Å². The number of aliphatic hydroxyl groups excluding tert-OH is 1. The largest absolute Gasteiger partial charge is 0.391 e. The second kappa shape index (κ2) is 9.12. The third-order valence-corrected chi connectivity index (χ3v) is 3.26. The molecule has 0 aliphatic rings. The second-order valence-electron chi connectivity index (χ2n) is 5.15. The fraction of sp³-hybridized carbons (Fsp3) is 0.625. The number of unbranched alkanes of at least 4 members (excludes halogenated alkanes) is 2. The van der Waals surface area contributed by atoms with Gasteiger partial charge in [0.1, 0.15) is 0 Å². The molecule has 18 heavy (non-hydrogen) atoms. The summed E-state index contributed by atoms with van der Waals surface area (Å²) < 4.78 is 0. The van der Waals surface area contributed by atoms with Gasteiger partial charge in [-0.2, -0.15) is 0 Å². The van der Waals surface area contributed by atoms with Crippen molar-refractivity contribution >= 4 is 0 Å². The van der Waals surface area contributed by atoms with Gasteiger partial charge >= 0.3 is 0 Å². The van der Waals surface area contributed by atoms with Crippen LogP contribution in [0.2, 0.25) is 0 Å². The Hall–Kier alpha value is -0.860. The molecular formula is C16H27NO. The predicted octanol–water partition coefficient (Wildman–Crippen LogP) is 3.15. The molecule has 2 nitrogen and oxygen atoms in total. The highest BCUT2D eigenvalue weighted by Crippen LogP contribution is 2.05. The number of benzene rings is 1. The van der Waals surface area contributed by atoms with E-state index >= 15 is 0 Å². The standard InChI is InChI=1S/C16H27NO/c1-3-4-6-9-14(2)17-13-16(18)12-15-10-7-5-8-11-15/h5,7-8,10-11,14,16-18H,3-4,6,9,12-13H2,1-2H3. The van der Waals surface area contributed by atoms with E-state index in [1.807, 2.05) is 18.2 Å². The van der Waals surface area contributed by atoms with Crippen LogP contribution < -0.4 is 5.32 Å². The zero-order chi connectivity index (χ0) is 13.2. The highest BCUT2D eigenvalue weighted by atomic mass is 16.3. The van der Waals surface area contributed by atoms with Gasteiger partial charge in [0.05, 0.1) is 6.10 Å². The minimum absolute atomic E-state index is 0.291. The lowest BCUT2D eigenvalue weighted by Crippen LogP contribution is -2.34. The summed E-state index contributed by atoms with van der Waals surface area (Å²) in [5.74, 6) is 0. The molecule has 0 aliphatic heterocycles. The molecule has 0 spiro atoms. The highest BCUT2D eigenvalue weighted by Gasteiger charge is 2.07. The van der Waals surface area contributed by atoms with E-state index in [0.717, 1.165) is 6.42 Å². The molecule has 2 N–H and O–H groups in total. The van der Waals surface area contributed by atoms with Crippen molar-refractivity contribution in [2.75, 3.05) is 6.54 Å². The number of hydrogen-bond donors (Lipinski definition) is 2. The third kappa shape index (κ3) is 6.77. The first-order valence-electron chi connectivity index (χ1n) is 7.17. The van der Waals surface area contributed by atoms with Crippen molar-refractivity contribution in [3.63, 3.8) is 0 Å². The average Bonchev–Trinajstić information content (AvgIpc) is 2.38. The molecule has 0 saturated carbocycles. The molecular weight excluding hydrogens is 222 g/mol. The highest BCUT2D eigenvalue weighted by molar-refractivity contribution is 5.15. The van der Waals surface area contributed by atoms with Crippen LogP contribution in [0, 0.1) is 0 Å². The van der Waals surface area contributed by atoms with Gasteiger partial charge in [0.25, 0.3) is 0 Å². The van der Waals surface area contributed by atoms with E-state index in [1.165, 1.54) is 31.2 Å². The lowest BCUT2D eigenvalue weighted by Gasteiger charge is -2.17. The number of aliphatic hydroxyl groups is 1. The Morgan fingerprint density at radius 2 is 1.89 bits per heavy atom. The number of hydrogen-bond acceptors (Lipinski definition) is 2. The van der Waals surface area contributed by atoms with Crippen LogP contribution in [0.5, 0.6) is 0 Å². The van der Waals surface area contributed by atoms with Crippen LogP contribution in [0.3, 0.4) is 0 Å². The van der Waals surface area contributed by atoms with E-state index in [2.05, 4.69) is 31.3 Å². The Kier molecular flexibility index (Phi) is 7.70. The maximum absolute atomic E-state index is 9.96. The molecule has 0 aromatic heterocycles. The summed E-state index contributed by atoms with van der Waals surface area (Å²) in [7, 11) is 0. The summed E-state index contributed by atoms with van der Waals surface area (Å²) in [5.41, 5.74) is 1.20. The van der Waals surface area contributed by atoms with Crippen molar-refractivity contribution in [3.05, 3.63) is 35.9 Å². The first-order valence-corrected chi connectivity index (χ1v) is 7.17. The van der Waals surface area contributed by atoms with Gasteiger partial charge in [-0.1, -0.05) is 56.5 Å². The van der Waals surface area contributed by atoms with Crippen molar-refractivity contribution in [3.8, 4) is 0 Å². The van der Waals surface area contributed by atoms with E-state index in [4.69, 9.17) is 0 Å². The molecule has 0 amide bonds. The normalized spacial score (nSPS) is 14.4. The molecule has 102 valence electrons. The van der Waals surface area contributed by atoms with Gasteiger partial charge < -0.3 is 10.4 Å². The average molecular weight is 249 g/mol. The Balaban J connectivity index is 2.14. The summed E-state index contributed by atoms with van der Waals surface area (Å²) in [6.45, 7) is 5.11. The minimum atomic E-state index is -0.291. The number of rotatable bonds is 9. The van der Waals surface area contributed by atoms with Gasteiger partial charge in [-0.25, -0.2) is 0 Å². The van der Waals surface area contributed by atoms with E-state index in [9.17, 15) is 5.11 Å². The Morgan fingerprint density at radius 3 is 2.56 bits per heavy atom. The summed E-state index contributed by atoms with van der Waals surface area (Å²) >= 11 is 0. The molecule has 0 radical (unpaired) electrons. The summed E-state index contributed by atoms with van der Waals surface area (Å²) in [5, 5.41) is 13.4. The first kappa shape index (κ1) is 15.2. The van der Waals surface area contributed by atoms with Crippen molar-refractivity contribution < 1.29 is 5.11 Å². The predicted molar refractivity (Wildman–Crippen MR) is 77.8 cm³/mol. The molecule has 0 saturated heterocycles. The molecule has 0 bridgehead atoms. The third-order valence-electron chi connectivity index (χ3n) is 3.26. The molecule has 0 aliphatic carbocycles. The first-order chi connectivity index (χ1) is 8.72. The van der Waals surface area contributed by atoms with Gasteiger partial charge in [0, 0.05) is 12.6 Å². The smallest absolute Gasteiger partial charge is 0.0704 e. The zero-order valence-corrected chi connectivity index (χ0v) is 11.7. The molecule has 1 aromatic rings. The molecule has 2 atom stereocenters. The SMILES string of the molecule is CCCCCC(C)NCC(O)Cc1ccccc1. The van der Waals surface area contributed by atoms with Crippen LogP contribution in [0.4, 0.5) is 0 Å². The molecule has 2 heteroatoms. The van der Waals surface area contributed by atoms with Crippen molar-refractivity contribution in [2.45, 2.75) is 58.1 Å². The Bertz CT molecular complexity index is 299. The molecule has 1 aromatic carbocycles. The summed E-state index contributed by atoms with van der Waals surface area (Å²) in [6, 6.07) is 10.7. The Morgan fingerprint density at radius 1 is 1.17 bits per heavy atom. The fourth-order valence-electron chi connectivity index (χ4n) is 2.10. The fourth-order valence-corrected chi connectivity index (χ4v) is 2.10. The maximum Gasteiger partial charge on any atom is 0.0704 e. The molecule has 0 fully saturated rings. The van der Waals surface area contributed by atoms with Gasteiger partial charge in [0.2, 0.25) is 0 Å². The van der Waals surface area contributed by atoms with Gasteiger partial charge in [-0.05, 0) is 25.3 Å².